The van der Waals surface area contributed by atoms with E-state index in [1.54, 1.807) is 0 Å². The van der Waals surface area contributed by atoms with Crippen LogP contribution in [0.25, 0.3) is 21.8 Å². The van der Waals surface area contributed by atoms with Gasteiger partial charge in [-0.25, -0.2) is 9.97 Å². The van der Waals surface area contributed by atoms with Gasteiger partial charge in [0.1, 0.15) is 11.6 Å². The van der Waals surface area contributed by atoms with E-state index < -0.39 is 0 Å². The zero-order valence-corrected chi connectivity index (χ0v) is 11.8. The lowest BCUT2D eigenvalue weighted by atomic mass is 10.1. The van der Waals surface area contributed by atoms with E-state index in [-0.39, 0.29) is 0 Å². The Morgan fingerprint density at radius 3 is 2.45 bits per heavy atom. The molecule has 4 rings (SSSR count). The van der Waals surface area contributed by atoms with E-state index in [2.05, 4.69) is 21.4 Å². The van der Waals surface area contributed by atoms with Crippen LogP contribution < -0.4 is 11.1 Å². The van der Waals surface area contributed by atoms with Crippen LogP contribution in [0.1, 0.15) is 0 Å². The number of para-hydroxylation sites is 2. The summed E-state index contributed by atoms with van der Waals surface area (Å²) in [5.41, 5.74) is 8.63. The number of pyridine rings is 2. The standard InChI is InChI=1S/C18H14N4/c19-17-11-16(13-6-2-4-8-15(13)20-17)22-18-10-9-12-5-1-3-7-14(12)21-18/h1-11H,(H3,19,20,21,22). The zero-order chi connectivity index (χ0) is 14.9. The highest BCUT2D eigenvalue weighted by Crippen LogP contribution is 2.27. The molecule has 106 valence electrons. The number of nitrogens with two attached hydrogens (primary N) is 1. The fourth-order valence-corrected chi connectivity index (χ4v) is 2.57. The number of anilines is 3. The Bertz CT molecular complexity index is 979. The van der Waals surface area contributed by atoms with E-state index in [1.807, 2.05) is 60.7 Å². The molecule has 0 amide bonds. The van der Waals surface area contributed by atoms with E-state index in [4.69, 9.17) is 5.73 Å². The summed E-state index contributed by atoms with van der Waals surface area (Å²) in [5, 5.41) is 5.49. The highest BCUT2D eigenvalue weighted by molar-refractivity contribution is 5.94. The largest absolute Gasteiger partial charge is 0.384 e. The minimum atomic E-state index is 0.488. The third-order valence-electron chi connectivity index (χ3n) is 3.60. The molecule has 4 aromatic rings. The van der Waals surface area contributed by atoms with E-state index >= 15 is 0 Å². The molecule has 0 saturated carbocycles. The molecule has 0 unspecified atom stereocenters. The second kappa shape index (κ2) is 5.00. The van der Waals surface area contributed by atoms with Crippen molar-refractivity contribution in [2.45, 2.75) is 0 Å². The molecule has 0 atom stereocenters. The Balaban J connectivity index is 1.82. The van der Waals surface area contributed by atoms with Gasteiger partial charge >= 0.3 is 0 Å². The third-order valence-corrected chi connectivity index (χ3v) is 3.60. The van der Waals surface area contributed by atoms with Crippen LogP contribution in [0.2, 0.25) is 0 Å². The average Bonchev–Trinajstić information content (AvgIpc) is 2.54. The van der Waals surface area contributed by atoms with Crippen LogP contribution in [-0.4, -0.2) is 9.97 Å². The van der Waals surface area contributed by atoms with Crippen molar-refractivity contribution in [1.82, 2.24) is 9.97 Å². The number of hydrogen-bond donors (Lipinski definition) is 2. The molecule has 0 bridgehead atoms. The van der Waals surface area contributed by atoms with Gasteiger partial charge in [0.05, 0.1) is 16.7 Å². The topological polar surface area (TPSA) is 63.8 Å². The first-order valence-electron chi connectivity index (χ1n) is 7.08. The van der Waals surface area contributed by atoms with Crippen LogP contribution in [0.4, 0.5) is 17.3 Å². The molecule has 4 nitrogen and oxygen atoms in total. The number of nitrogen functional groups attached to an aromatic ring is 1. The molecule has 0 aliphatic rings. The molecular weight excluding hydrogens is 272 g/mol. The second-order valence-corrected chi connectivity index (χ2v) is 5.13. The Hall–Kier alpha value is -3.14. The quantitative estimate of drug-likeness (QED) is 0.582. The number of aromatic nitrogens is 2. The predicted octanol–water partition coefficient (Wildman–Crippen LogP) is 4.11. The predicted molar refractivity (Wildman–Crippen MR) is 91.2 cm³/mol. The van der Waals surface area contributed by atoms with Crippen LogP contribution in [0, 0.1) is 0 Å². The van der Waals surface area contributed by atoms with Crippen LogP contribution >= 0.6 is 0 Å². The molecule has 0 aliphatic heterocycles. The maximum Gasteiger partial charge on any atom is 0.131 e. The van der Waals surface area contributed by atoms with Gasteiger partial charge in [-0.15, -0.1) is 0 Å². The lowest BCUT2D eigenvalue weighted by molar-refractivity contribution is 1.36. The third kappa shape index (κ3) is 2.20. The molecule has 4 heteroatoms. The molecule has 2 heterocycles. The second-order valence-electron chi connectivity index (χ2n) is 5.13. The summed E-state index contributed by atoms with van der Waals surface area (Å²) in [4.78, 5) is 8.98. The Morgan fingerprint density at radius 2 is 1.55 bits per heavy atom. The smallest absolute Gasteiger partial charge is 0.131 e. The Morgan fingerprint density at radius 1 is 0.773 bits per heavy atom. The van der Waals surface area contributed by atoms with Gasteiger partial charge in [-0.3, -0.25) is 0 Å². The first-order valence-corrected chi connectivity index (χ1v) is 7.08. The van der Waals surface area contributed by atoms with Gasteiger partial charge < -0.3 is 11.1 Å². The van der Waals surface area contributed by atoms with Crippen molar-refractivity contribution >= 4 is 39.1 Å². The molecule has 0 aliphatic carbocycles. The minimum Gasteiger partial charge on any atom is -0.384 e. The highest BCUT2D eigenvalue weighted by Gasteiger charge is 2.05. The van der Waals surface area contributed by atoms with Crippen molar-refractivity contribution in [1.29, 1.82) is 0 Å². The summed E-state index contributed by atoms with van der Waals surface area (Å²) in [6.45, 7) is 0. The number of rotatable bonds is 2. The Labute approximate surface area is 127 Å². The molecule has 2 aromatic carbocycles. The number of fused-ring (bicyclic) bond motifs is 2. The van der Waals surface area contributed by atoms with E-state index in [0.29, 0.717) is 5.82 Å². The van der Waals surface area contributed by atoms with Gasteiger partial charge in [-0.2, -0.15) is 0 Å². The summed E-state index contributed by atoms with van der Waals surface area (Å²) < 4.78 is 0. The molecule has 0 saturated heterocycles. The van der Waals surface area contributed by atoms with Crippen LogP contribution in [0.3, 0.4) is 0 Å². The molecule has 22 heavy (non-hydrogen) atoms. The van der Waals surface area contributed by atoms with Gasteiger partial charge in [-0.1, -0.05) is 36.4 Å². The molecule has 0 fully saturated rings. The maximum absolute atomic E-state index is 5.90. The van der Waals surface area contributed by atoms with Gasteiger partial charge in [0, 0.05) is 16.8 Å². The van der Waals surface area contributed by atoms with Crippen LogP contribution in [0.5, 0.6) is 0 Å². The van der Waals surface area contributed by atoms with Crippen molar-refractivity contribution in [2.75, 3.05) is 11.1 Å². The summed E-state index contributed by atoms with van der Waals surface area (Å²) in [7, 11) is 0. The summed E-state index contributed by atoms with van der Waals surface area (Å²) in [6.07, 6.45) is 0. The first-order chi connectivity index (χ1) is 10.8. The van der Waals surface area contributed by atoms with Gasteiger partial charge in [-0.05, 0) is 24.3 Å². The van der Waals surface area contributed by atoms with Crippen molar-refractivity contribution in [2.24, 2.45) is 0 Å². The van der Waals surface area contributed by atoms with E-state index in [9.17, 15) is 0 Å². The average molecular weight is 286 g/mol. The van der Waals surface area contributed by atoms with Crippen molar-refractivity contribution in [3.63, 3.8) is 0 Å². The lowest BCUT2D eigenvalue weighted by Gasteiger charge is -2.10. The van der Waals surface area contributed by atoms with Gasteiger partial charge in [0.25, 0.3) is 0 Å². The summed E-state index contributed by atoms with van der Waals surface area (Å²) in [6, 6.07) is 21.8. The van der Waals surface area contributed by atoms with Gasteiger partial charge in [0.2, 0.25) is 0 Å². The van der Waals surface area contributed by atoms with Crippen LogP contribution in [0.15, 0.2) is 66.7 Å². The SMILES string of the molecule is Nc1cc(Nc2ccc3ccccc3n2)c2ccccc2n1. The number of hydrogen-bond acceptors (Lipinski definition) is 4. The monoisotopic (exact) mass is 286 g/mol. The fourth-order valence-electron chi connectivity index (χ4n) is 2.57. The van der Waals surface area contributed by atoms with Crippen molar-refractivity contribution < 1.29 is 0 Å². The van der Waals surface area contributed by atoms with Crippen molar-refractivity contribution in [3.05, 3.63) is 66.7 Å². The van der Waals surface area contributed by atoms with E-state index in [1.165, 1.54) is 0 Å². The molecule has 0 radical (unpaired) electrons. The Kier molecular flexibility index (Phi) is 2.86. The summed E-state index contributed by atoms with van der Waals surface area (Å²) >= 11 is 0. The lowest BCUT2D eigenvalue weighted by Crippen LogP contribution is -1.98. The number of nitrogens with one attached hydrogen (secondary N) is 1. The summed E-state index contributed by atoms with van der Waals surface area (Å²) in [5.74, 6) is 1.27. The maximum atomic E-state index is 5.90. The van der Waals surface area contributed by atoms with E-state index in [0.717, 1.165) is 33.3 Å². The molecule has 2 aromatic heterocycles. The van der Waals surface area contributed by atoms with Crippen molar-refractivity contribution in [3.8, 4) is 0 Å². The highest BCUT2D eigenvalue weighted by atomic mass is 15.0. The normalized spacial score (nSPS) is 10.9. The first kappa shape index (κ1) is 12.6. The van der Waals surface area contributed by atoms with Crippen LogP contribution in [-0.2, 0) is 0 Å². The fraction of sp³-hybridized carbons (Fsp3) is 0. The molecule has 0 spiro atoms. The van der Waals surface area contributed by atoms with Gasteiger partial charge in [0.15, 0.2) is 0 Å². The molecule has 3 N–H and O–H groups in total. The zero-order valence-electron chi connectivity index (χ0n) is 11.8. The molecular formula is C18H14N4. The minimum absolute atomic E-state index is 0.488. The number of nitrogens with zero attached hydrogens (tertiary/aromatic N) is 2. The number of benzene rings is 2.